The maximum atomic E-state index is 9.49. The molecule has 0 spiro atoms. The standard InChI is InChI=1S/C11H10O2/c1-2-5-10-8-6-3-4-7-9(8)11(12)13-10/h1,3-4,6-7,10-12H,5H2/t10-,11?/m1/s1. The van der Waals surface area contributed by atoms with Crippen LogP contribution in [0.15, 0.2) is 24.3 Å². The number of hydrogen-bond acceptors (Lipinski definition) is 2. The van der Waals surface area contributed by atoms with Crippen molar-refractivity contribution in [3.8, 4) is 12.3 Å². The van der Waals surface area contributed by atoms with E-state index >= 15 is 0 Å². The molecule has 1 unspecified atom stereocenters. The first kappa shape index (κ1) is 8.31. The van der Waals surface area contributed by atoms with Crippen LogP contribution in [-0.4, -0.2) is 5.11 Å². The van der Waals surface area contributed by atoms with Crippen LogP contribution in [0.1, 0.15) is 29.9 Å². The topological polar surface area (TPSA) is 29.5 Å². The number of hydrogen-bond donors (Lipinski definition) is 1. The second-order valence-electron chi connectivity index (χ2n) is 3.01. The Labute approximate surface area is 77.2 Å². The van der Waals surface area contributed by atoms with Crippen LogP contribution in [0.4, 0.5) is 0 Å². The molecular weight excluding hydrogens is 164 g/mol. The largest absolute Gasteiger partial charge is 0.364 e. The van der Waals surface area contributed by atoms with Gasteiger partial charge in [-0.1, -0.05) is 24.3 Å². The Hall–Kier alpha value is -1.30. The summed E-state index contributed by atoms with van der Waals surface area (Å²) in [6.45, 7) is 0. The van der Waals surface area contributed by atoms with Crippen LogP contribution < -0.4 is 0 Å². The van der Waals surface area contributed by atoms with Crippen LogP contribution in [0.5, 0.6) is 0 Å². The Morgan fingerprint density at radius 3 is 2.77 bits per heavy atom. The van der Waals surface area contributed by atoms with Crippen LogP contribution in [0, 0.1) is 12.3 Å². The van der Waals surface area contributed by atoms with Gasteiger partial charge in [-0.3, -0.25) is 0 Å². The first-order chi connectivity index (χ1) is 6.33. The highest BCUT2D eigenvalue weighted by Crippen LogP contribution is 2.38. The molecule has 0 aromatic heterocycles. The summed E-state index contributed by atoms with van der Waals surface area (Å²) in [5, 5.41) is 9.49. The van der Waals surface area contributed by atoms with Crippen LogP contribution in [0.25, 0.3) is 0 Å². The fourth-order valence-electron chi connectivity index (χ4n) is 1.60. The molecule has 2 heteroatoms. The highest BCUT2D eigenvalue weighted by Gasteiger charge is 2.28. The molecule has 0 bridgehead atoms. The summed E-state index contributed by atoms with van der Waals surface area (Å²) in [6.07, 6.45) is 4.75. The van der Waals surface area contributed by atoms with Crippen molar-refractivity contribution in [2.24, 2.45) is 0 Å². The Bertz CT molecular complexity index is 351. The molecule has 1 aromatic rings. The molecule has 2 nitrogen and oxygen atoms in total. The maximum Gasteiger partial charge on any atom is 0.182 e. The van der Waals surface area contributed by atoms with Crippen molar-refractivity contribution >= 4 is 0 Å². The number of aliphatic hydroxyl groups is 1. The Morgan fingerprint density at radius 1 is 1.38 bits per heavy atom. The third-order valence-corrected chi connectivity index (χ3v) is 2.21. The molecule has 1 aliphatic heterocycles. The van der Waals surface area contributed by atoms with Crippen LogP contribution in [0.2, 0.25) is 0 Å². The summed E-state index contributed by atoms with van der Waals surface area (Å²) in [5.74, 6) is 2.53. The first-order valence-corrected chi connectivity index (χ1v) is 4.18. The van der Waals surface area contributed by atoms with Crippen molar-refractivity contribution in [1.82, 2.24) is 0 Å². The maximum absolute atomic E-state index is 9.49. The minimum Gasteiger partial charge on any atom is -0.364 e. The van der Waals surface area contributed by atoms with Crippen molar-refractivity contribution in [3.05, 3.63) is 35.4 Å². The third-order valence-electron chi connectivity index (χ3n) is 2.21. The third kappa shape index (κ3) is 1.33. The molecule has 66 valence electrons. The van der Waals surface area contributed by atoms with E-state index in [9.17, 15) is 5.11 Å². The van der Waals surface area contributed by atoms with Gasteiger partial charge in [0.1, 0.15) is 0 Å². The van der Waals surface area contributed by atoms with Gasteiger partial charge in [0.25, 0.3) is 0 Å². The van der Waals surface area contributed by atoms with Crippen LogP contribution in [0.3, 0.4) is 0 Å². The van der Waals surface area contributed by atoms with E-state index in [2.05, 4.69) is 5.92 Å². The Morgan fingerprint density at radius 2 is 2.08 bits per heavy atom. The van der Waals surface area contributed by atoms with Gasteiger partial charge >= 0.3 is 0 Å². The average molecular weight is 174 g/mol. The lowest BCUT2D eigenvalue weighted by Crippen LogP contribution is -1.96. The molecule has 0 amide bonds. The molecule has 2 rings (SSSR count). The minimum atomic E-state index is -0.811. The summed E-state index contributed by atoms with van der Waals surface area (Å²) in [6, 6.07) is 7.59. The summed E-state index contributed by atoms with van der Waals surface area (Å²) in [4.78, 5) is 0. The summed E-state index contributed by atoms with van der Waals surface area (Å²) in [5.41, 5.74) is 1.84. The van der Waals surface area contributed by atoms with Crippen molar-refractivity contribution in [2.75, 3.05) is 0 Å². The second-order valence-corrected chi connectivity index (χ2v) is 3.01. The predicted octanol–water partition coefficient (Wildman–Crippen LogP) is 1.77. The summed E-state index contributed by atoms with van der Waals surface area (Å²) >= 11 is 0. The van der Waals surface area contributed by atoms with Gasteiger partial charge in [0, 0.05) is 12.0 Å². The van der Waals surface area contributed by atoms with E-state index in [0.29, 0.717) is 6.42 Å². The monoisotopic (exact) mass is 174 g/mol. The Balaban J connectivity index is 2.37. The van der Waals surface area contributed by atoms with Crippen molar-refractivity contribution in [1.29, 1.82) is 0 Å². The minimum absolute atomic E-state index is 0.142. The molecule has 0 radical (unpaired) electrons. The molecule has 13 heavy (non-hydrogen) atoms. The van der Waals surface area contributed by atoms with Gasteiger partial charge in [0.05, 0.1) is 6.10 Å². The van der Waals surface area contributed by atoms with Gasteiger partial charge in [0.15, 0.2) is 6.29 Å². The SMILES string of the molecule is C#CC[C@H]1OC(O)c2ccccc21. The molecular formula is C11H10O2. The average Bonchev–Trinajstić information content (AvgIpc) is 2.46. The number of benzene rings is 1. The Kier molecular flexibility index (Phi) is 2.05. The van der Waals surface area contributed by atoms with Crippen LogP contribution >= 0.6 is 0 Å². The van der Waals surface area contributed by atoms with Gasteiger partial charge in [-0.05, 0) is 5.56 Å². The van der Waals surface area contributed by atoms with E-state index in [1.165, 1.54) is 0 Å². The van der Waals surface area contributed by atoms with Crippen molar-refractivity contribution < 1.29 is 9.84 Å². The molecule has 0 saturated heterocycles. The van der Waals surface area contributed by atoms with E-state index in [1.54, 1.807) is 0 Å². The van der Waals surface area contributed by atoms with E-state index < -0.39 is 6.29 Å². The van der Waals surface area contributed by atoms with Gasteiger partial charge in [-0.2, -0.15) is 0 Å². The van der Waals surface area contributed by atoms with E-state index in [1.807, 2.05) is 24.3 Å². The molecule has 1 aliphatic rings. The molecule has 1 heterocycles. The lowest BCUT2D eigenvalue weighted by molar-refractivity contribution is -0.119. The number of aliphatic hydroxyl groups excluding tert-OH is 1. The number of ether oxygens (including phenoxy) is 1. The zero-order chi connectivity index (χ0) is 9.26. The summed E-state index contributed by atoms with van der Waals surface area (Å²) < 4.78 is 5.29. The predicted molar refractivity (Wildman–Crippen MR) is 48.7 cm³/mol. The molecule has 1 aromatic carbocycles. The van der Waals surface area contributed by atoms with Gasteiger partial charge < -0.3 is 9.84 Å². The van der Waals surface area contributed by atoms with Crippen LogP contribution in [-0.2, 0) is 4.74 Å². The normalized spacial score (nSPS) is 25.2. The van der Waals surface area contributed by atoms with E-state index in [-0.39, 0.29) is 6.10 Å². The zero-order valence-electron chi connectivity index (χ0n) is 7.10. The lowest BCUT2D eigenvalue weighted by Gasteiger charge is -2.06. The van der Waals surface area contributed by atoms with Crippen molar-refractivity contribution in [3.63, 3.8) is 0 Å². The van der Waals surface area contributed by atoms with Crippen molar-refractivity contribution in [2.45, 2.75) is 18.8 Å². The number of fused-ring (bicyclic) bond motifs is 1. The molecule has 0 aliphatic carbocycles. The number of terminal acetylenes is 1. The fourth-order valence-corrected chi connectivity index (χ4v) is 1.60. The smallest absolute Gasteiger partial charge is 0.182 e. The quantitative estimate of drug-likeness (QED) is 0.657. The van der Waals surface area contributed by atoms with E-state index in [0.717, 1.165) is 11.1 Å². The van der Waals surface area contributed by atoms with Gasteiger partial charge in [0.2, 0.25) is 0 Å². The number of rotatable bonds is 1. The second kappa shape index (κ2) is 3.21. The molecule has 0 saturated carbocycles. The summed E-state index contributed by atoms with van der Waals surface area (Å²) in [7, 11) is 0. The van der Waals surface area contributed by atoms with E-state index in [4.69, 9.17) is 11.2 Å². The molecule has 0 fully saturated rings. The molecule has 2 atom stereocenters. The lowest BCUT2D eigenvalue weighted by atomic mass is 10.0. The molecule has 1 N–H and O–H groups in total. The first-order valence-electron chi connectivity index (χ1n) is 4.18. The highest BCUT2D eigenvalue weighted by atomic mass is 16.6. The van der Waals surface area contributed by atoms with Gasteiger partial charge in [-0.25, -0.2) is 0 Å². The fraction of sp³-hybridized carbons (Fsp3) is 0.273. The zero-order valence-corrected chi connectivity index (χ0v) is 7.10. The van der Waals surface area contributed by atoms with Gasteiger partial charge in [-0.15, -0.1) is 12.3 Å². The highest BCUT2D eigenvalue weighted by molar-refractivity contribution is 5.33.